The summed E-state index contributed by atoms with van der Waals surface area (Å²) in [5.74, 6) is 2.38. The lowest BCUT2D eigenvalue weighted by Gasteiger charge is -2.12. The molecule has 4 aromatic rings. The Morgan fingerprint density at radius 1 is 0.966 bits per heavy atom. The van der Waals surface area contributed by atoms with Gasteiger partial charge in [-0.1, -0.05) is 41.6 Å². The molecule has 0 radical (unpaired) electrons. The number of ether oxygens (including phenoxy) is 1. The lowest BCUT2D eigenvalue weighted by atomic mass is 10.2. The van der Waals surface area contributed by atoms with Gasteiger partial charge in [0.15, 0.2) is 11.0 Å². The first-order valence-electron chi connectivity index (χ1n) is 9.21. The molecule has 0 aliphatic carbocycles. The van der Waals surface area contributed by atoms with Crippen molar-refractivity contribution in [3.8, 4) is 22.8 Å². The van der Waals surface area contributed by atoms with Crippen molar-refractivity contribution in [2.45, 2.75) is 17.8 Å². The van der Waals surface area contributed by atoms with E-state index < -0.39 is 0 Å². The van der Waals surface area contributed by atoms with E-state index in [0.717, 1.165) is 39.3 Å². The van der Waals surface area contributed by atoms with Crippen LogP contribution in [0, 0.1) is 0 Å². The van der Waals surface area contributed by atoms with Crippen LogP contribution in [0.4, 0.5) is 0 Å². The van der Waals surface area contributed by atoms with E-state index >= 15 is 0 Å². The lowest BCUT2D eigenvalue weighted by molar-refractivity contribution is 0.337. The number of hydrogen-bond donors (Lipinski definition) is 0. The Balaban J connectivity index is 1.70. The molecule has 0 amide bonds. The number of pyridine rings is 1. The van der Waals surface area contributed by atoms with Crippen LogP contribution in [0.1, 0.15) is 12.5 Å². The summed E-state index contributed by atoms with van der Waals surface area (Å²) in [4.78, 5) is 4.10. The van der Waals surface area contributed by atoms with Crippen molar-refractivity contribution in [3.63, 3.8) is 0 Å². The molecule has 0 N–H and O–H groups in total. The van der Waals surface area contributed by atoms with Crippen molar-refractivity contribution in [2.75, 3.05) is 6.61 Å². The van der Waals surface area contributed by atoms with Crippen molar-refractivity contribution in [1.29, 1.82) is 0 Å². The molecule has 2 heterocycles. The van der Waals surface area contributed by atoms with Crippen LogP contribution in [0.3, 0.4) is 0 Å². The fourth-order valence-electron chi connectivity index (χ4n) is 2.94. The average Bonchev–Trinajstić information content (AvgIpc) is 3.18. The van der Waals surface area contributed by atoms with Gasteiger partial charge in [0.1, 0.15) is 5.75 Å². The second-order valence-electron chi connectivity index (χ2n) is 6.18. The number of benzene rings is 2. The SMILES string of the molecule is CCOc1ccccc1CSc1nnc(-c2ccncc2)n1-c1ccc(Cl)cc1. The topological polar surface area (TPSA) is 52.8 Å². The molecule has 0 spiro atoms. The van der Waals surface area contributed by atoms with Crippen molar-refractivity contribution in [3.05, 3.63) is 83.6 Å². The standard InChI is InChI=1S/C22H19ClN4OS/c1-2-28-20-6-4-3-5-17(20)15-29-22-26-25-21(16-11-13-24-14-12-16)27(22)19-9-7-18(23)8-10-19/h3-14H,2,15H2,1H3. The summed E-state index contributed by atoms with van der Waals surface area (Å²) in [6.45, 7) is 2.62. The monoisotopic (exact) mass is 422 g/mol. The molecule has 0 aliphatic rings. The summed E-state index contributed by atoms with van der Waals surface area (Å²) >= 11 is 7.71. The lowest BCUT2D eigenvalue weighted by Crippen LogP contribution is -2.00. The third kappa shape index (κ3) is 4.44. The quantitative estimate of drug-likeness (QED) is 0.359. The van der Waals surface area contributed by atoms with Crippen LogP contribution in [-0.4, -0.2) is 26.4 Å². The molecule has 0 saturated carbocycles. The predicted molar refractivity (Wildman–Crippen MR) is 117 cm³/mol. The summed E-state index contributed by atoms with van der Waals surface area (Å²) in [6.07, 6.45) is 3.50. The largest absolute Gasteiger partial charge is 0.494 e. The van der Waals surface area contributed by atoms with Gasteiger partial charge in [-0.05, 0) is 49.4 Å². The van der Waals surface area contributed by atoms with E-state index in [2.05, 4.69) is 21.2 Å². The summed E-state index contributed by atoms with van der Waals surface area (Å²) in [6, 6.07) is 19.6. The first-order valence-corrected chi connectivity index (χ1v) is 10.6. The zero-order valence-electron chi connectivity index (χ0n) is 15.8. The minimum Gasteiger partial charge on any atom is -0.494 e. The first-order chi connectivity index (χ1) is 14.3. The second-order valence-corrected chi connectivity index (χ2v) is 7.56. The summed E-state index contributed by atoms with van der Waals surface area (Å²) in [5, 5.41) is 10.4. The highest BCUT2D eigenvalue weighted by atomic mass is 35.5. The van der Waals surface area contributed by atoms with Gasteiger partial charge in [-0.2, -0.15) is 0 Å². The van der Waals surface area contributed by atoms with Gasteiger partial charge in [0, 0.05) is 40.0 Å². The molecule has 2 aromatic heterocycles. The predicted octanol–water partition coefficient (Wildman–Crippen LogP) is 5.67. The maximum absolute atomic E-state index is 6.09. The zero-order valence-corrected chi connectivity index (χ0v) is 17.4. The van der Waals surface area contributed by atoms with Gasteiger partial charge in [-0.15, -0.1) is 10.2 Å². The van der Waals surface area contributed by atoms with E-state index in [9.17, 15) is 0 Å². The fraction of sp³-hybridized carbons (Fsp3) is 0.136. The molecule has 0 bridgehead atoms. The molecule has 2 aromatic carbocycles. The zero-order chi connectivity index (χ0) is 20.1. The number of thioether (sulfide) groups is 1. The molecule has 4 rings (SSSR count). The van der Waals surface area contributed by atoms with Gasteiger partial charge in [-0.25, -0.2) is 0 Å². The summed E-state index contributed by atoms with van der Waals surface area (Å²) in [7, 11) is 0. The molecular formula is C22H19ClN4OS. The Hall–Kier alpha value is -2.83. The number of aromatic nitrogens is 4. The van der Waals surface area contributed by atoms with E-state index in [1.165, 1.54) is 0 Å². The number of para-hydroxylation sites is 1. The third-order valence-corrected chi connectivity index (χ3v) is 5.52. The normalized spacial score (nSPS) is 10.8. The summed E-state index contributed by atoms with van der Waals surface area (Å²) < 4.78 is 7.79. The van der Waals surface area contributed by atoms with Gasteiger partial charge in [0.05, 0.1) is 6.61 Å². The Kier molecular flexibility index (Phi) is 6.12. The minimum absolute atomic E-state index is 0.634. The van der Waals surface area contributed by atoms with Crippen LogP contribution in [0.2, 0.25) is 5.02 Å². The molecule has 7 heteroatoms. The maximum atomic E-state index is 6.09. The van der Waals surface area contributed by atoms with Gasteiger partial charge in [-0.3, -0.25) is 9.55 Å². The van der Waals surface area contributed by atoms with E-state index in [-0.39, 0.29) is 0 Å². The van der Waals surface area contributed by atoms with Crippen LogP contribution in [0.25, 0.3) is 17.1 Å². The molecule has 0 saturated heterocycles. The van der Waals surface area contributed by atoms with Crippen molar-refractivity contribution >= 4 is 23.4 Å². The highest BCUT2D eigenvalue weighted by Gasteiger charge is 2.17. The molecule has 5 nitrogen and oxygen atoms in total. The number of hydrogen-bond acceptors (Lipinski definition) is 5. The van der Waals surface area contributed by atoms with E-state index in [1.54, 1.807) is 24.2 Å². The third-order valence-electron chi connectivity index (χ3n) is 4.29. The molecule has 29 heavy (non-hydrogen) atoms. The Morgan fingerprint density at radius 2 is 1.72 bits per heavy atom. The van der Waals surface area contributed by atoms with E-state index in [4.69, 9.17) is 16.3 Å². The Morgan fingerprint density at radius 3 is 2.48 bits per heavy atom. The van der Waals surface area contributed by atoms with E-state index in [0.29, 0.717) is 11.6 Å². The smallest absolute Gasteiger partial charge is 0.196 e. The van der Waals surface area contributed by atoms with Gasteiger partial charge >= 0.3 is 0 Å². The van der Waals surface area contributed by atoms with Crippen molar-refractivity contribution in [1.82, 2.24) is 19.7 Å². The molecule has 0 aliphatic heterocycles. The van der Waals surface area contributed by atoms with Gasteiger partial charge in [0.2, 0.25) is 0 Å². The molecule has 0 fully saturated rings. The highest BCUT2D eigenvalue weighted by Crippen LogP contribution is 2.32. The van der Waals surface area contributed by atoms with Crippen molar-refractivity contribution in [2.24, 2.45) is 0 Å². The molecule has 0 atom stereocenters. The first kappa shape index (κ1) is 19.5. The molecular weight excluding hydrogens is 404 g/mol. The Labute approximate surface area is 178 Å². The number of halogens is 1. The summed E-state index contributed by atoms with van der Waals surface area (Å²) in [5.41, 5.74) is 3.02. The fourth-order valence-corrected chi connectivity index (χ4v) is 4.00. The van der Waals surface area contributed by atoms with Crippen LogP contribution >= 0.6 is 23.4 Å². The number of rotatable bonds is 7. The Bertz CT molecular complexity index is 1080. The van der Waals surface area contributed by atoms with Gasteiger partial charge in [0.25, 0.3) is 0 Å². The molecule has 0 unspecified atom stereocenters. The molecule has 146 valence electrons. The van der Waals surface area contributed by atoms with Crippen LogP contribution in [0.5, 0.6) is 5.75 Å². The van der Waals surface area contributed by atoms with E-state index in [1.807, 2.05) is 66.1 Å². The van der Waals surface area contributed by atoms with Crippen LogP contribution < -0.4 is 4.74 Å². The van der Waals surface area contributed by atoms with Crippen molar-refractivity contribution < 1.29 is 4.74 Å². The number of nitrogens with zero attached hydrogens (tertiary/aromatic N) is 4. The van der Waals surface area contributed by atoms with Gasteiger partial charge < -0.3 is 4.74 Å². The highest BCUT2D eigenvalue weighted by molar-refractivity contribution is 7.98. The van der Waals surface area contributed by atoms with Crippen LogP contribution in [0.15, 0.2) is 78.2 Å². The van der Waals surface area contributed by atoms with Crippen LogP contribution in [-0.2, 0) is 5.75 Å². The average molecular weight is 423 g/mol. The maximum Gasteiger partial charge on any atom is 0.196 e. The minimum atomic E-state index is 0.634. The second kappa shape index (κ2) is 9.11.